The third-order valence-corrected chi connectivity index (χ3v) is 2.74. The number of rotatable bonds is 10. The van der Waals surface area contributed by atoms with E-state index in [4.69, 9.17) is 5.11 Å². The van der Waals surface area contributed by atoms with Crippen LogP contribution in [0.25, 0.3) is 0 Å². The standard InChI is InChI=1S/C13H21F3O2/c1-11(12(17)18)9-7-5-3-2-4-6-8-10-13(14,15)16/h1-10H2,(H,17,18). The van der Waals surface area contributed by atoms with E-state index in [1.165, 1.54) is 0 Å². The summed E-state index contributed by atoms with van der Waals surface area (Å²) in [7, 11) is 0. The molecule has 0 aromatic carbocycles. The van der Waals surface area contributed by atoms with Crippen molar-refractivity contribution in [2.45, 2.75) is 64.0 Å². The minimum Gasteiger partial charge on any atom is -0.478 e. The van der Waals surface area contributed by atoms with Crippen molar-refractivity contribution in [1.82, 2.24) is 0 Å². The first-order valence-corrected chi connectivity index (χ1v) is 6.31. The van der Waals surface area contributed by atoms with E-state index in [-0.39, 0.29) is 12.0 Å². The number of carbonyl (C=O) groups is 1. The first-order chi connectivity index (χ1) is 8.33. The molecule has 0 heterocycles. The van der Waals surface area contributed by atoms with Gasteiger partial charge < -0.3 is 5.11 Å². The zero-order valence-electron chi connectivity index (χ0n) is 10.6. The number of carboxylic acids is 1. The summed E-state index contributed by atoms with van der Waals surface area (Å²) < 4.78 is 35.4. The molecule has 0 bridgehead atoms. The highest BCUT2D eigenvalue weighted by atomic mass is 19.4. The Morgan fingerprint density at radius 2 is 1.39 bits per heavy atom. The Hall–Kier alpha value is -1.00. The summed E-state index contributed by atoms with van der Waals surface area (Å²) in [5.41, 5.74) is 0.222. The number of carboxylic acid groups (broad SMARTS) is 1. The van der Waals surface area contributed by atoms with Crippen LogP contribution < -0.4 is 0 Å². The minimum atomic E-state index is -4.03. The molecule has 106 valence electrons. The highest BCUT2D eigenvalue weighted by Gasteiger charge is 2.25. The summed E-state index contributed by atoms with van der Waals surface area (Å²) in [6.45, 7) is 3.43. The van der Waals surface area contributed by atoms with Gasteiger partial charge in [0.15, 0.2) is 0 Å². The summed E-state index contributed by atoms with van der Waals surface area (Å²) >= 11 is 0. The fraction of sp³-hybridized carbons (Fsp3) is 0.769. The van der Waals surface area contributed by atoms with Crippen molar-refractivity contribution >= 4 is 5.97 Å². The summed E-state index contributed by atoms with van der Waals surface area (Å²) in [6, 6.07) is 0. The molecule has 0 unspecified atom stereocenters. The molecule has 5 heteroatoms. The van der Waals surface area contributed by atoms with Crippen LogP contribution in [0.4, 0.5) is 13.2 Å². The van der Waals surface area contributed by atoms with Gasteiger partial charge in [0.25, 0.3) is 0 Å². The molecule has 0 aliphatic rings. The Labute approximate surface area is 106 Å². The van der Waals surface area contributed by atoms with Crippen LogP contribution in [-0.4, -0.2) is 17.3 Å². The van der Waals surface area contributed by atoms with Gasteiger partial charge in [0.1, 0.15) is 0 Å². The molecule has 0 atom stereocenters. The van der Waals surface area contributed by atoms with E-state index in [9.17, 15) is 18.0 Å². The second-order valence-electron chi connectivity index (χ2n) is 4.50. The maximum Gasteiger partial charge on any atom is 0.389 e. The molecule has 0 aromatic heterocycles. The quantitative estimate of drug-likeness (QED) is 0.459. The molecule has 0 amide bonds. The Morgan fingerprint density at radius 3 is 1.83 bits per heavy atom. The van der Waals surface area contributed by atoms with Gasteiger partial charge >= 0.3 is 12.1 Å². The van der Waals surface area contributed by atoms with Crippen molar-refractivity contribution in [3.8, 4) is 0 Å². The van der Waals surface area contributed by atoms with Crippen molar-refractivity contribution in [3.63, 3.8) is 0 Å². The molecule has 0 aromatic rings. The van der Waals surface area contributed by atoms with Gasteiger partial charge in [-0.05, 0) is 19.3 Å². The van der Waals surface area contributed by atoms with E-state index in [1.807, 2.05) is 0 Å². The summed E-state index contributed by atoms with van der Waals surface area (Å²) in [4.78, 5) is 10.4. The lowest BCUT2D eigenvalue weighted by Crippen LogP contribution is -2.06. The first-order valence-electron chi connectivity index (χ1n) is 6.31. The number of hydrogen-bond donors (Lipinski definition) is 1. The Kier molecular flexibility index (Phi) is 8.50. The third-order valence-electron chi connectivity index (χ3n) is 2.74. The number of alkyl halides is 3. The van der Waals surface area contributed by atoms with Crippen LogP contribution in [-0.2, 0) is 4.79 Å². The van der Waals surface area contributed by atoms with Crippen LogP contribution >= 0.6 is 0 Å². The van der Waals surface area contributed by atoms with Crippen LogP contribution in [0, 0.1) is 0 Å². The van der Waals surface area contributed by atoms with Gasteiger partial charge in [-0.3, -0.25) is 0 Å². The van der Waals surface area contributed by atoms with Gasteiger partial charge in [-0.1, -0.05) is 38.7 Å². The number of unbranched alkanes of at least 4 members (excludes halogenated alkanes) is 6. The molecule has 18 heavy (non-hydrogen) atoms. The molecular formula is C13H21F3O2. The predicted molar refractivity (Wildman–Crippen MR) is 64.4 cm³/mol. The van der Waals surface area contributed by atoms with E-state index in [0.29, 0.717) is 12.8 Å². The van der Waals surface area contributed by atoms with Gasteiger partial charge in [-0.25, -0.2) is 4.79 Å². The summed E-state index contributed by atoms with van der Waals surface area (Å²) in [5.74, 6) is -0.956. The van der Waals surface area contributed by atoms with Gasteiger partial charge in [0.2, 0.25) is 0 Å². The van der Waals surface area contributed by atoms with Crippen molar-refractivity contribution in [3.05, 3.63) is 12.2 Å². The second kappa shape index (κ2) is 9.00. The molecule has 0 fully saturated rings. The molecule has 0 saturated heterocycles. The van der Waals surface area contributed by atoms with Crippen LogP contribution in [0.3, 0.4) is 0 Å². The molecule has 0 spiro atoms. The smallest absolute Gasteiger partial charge is 0.389 e. The van der Waals surface area contributed by atoms with E-state index >= 15 is 0 Å². The average molecular weight is 266 g/mol. The van der Waals surface area contributed by atoms with Crippen LogP contribution in [0.5, 0.6) is 0 Å². The van der Waals surface area contributed by atoms with Crippen molar-refractivity contribution in [1.29, 1.82) is 0 Å². The lowest BCUT2D eigenvalue weighted by molar-refractivity contribution is -0.136. The van der Waals surface area contributed by atoms with E-state index in [2.05, 4.69) is 6.58 Å². The molecule has 1 N–H and O–H groups in total. The van der Waals surface area contributed by atoms with Crippen molar-refractivity contribution in [2.75, 3.05) is 0 Å². The monoisotopic (exact) mass is 266 g/mol. The highest BCUT2D eigenvalue weighted by Crippen LogP contribution is 2.23. The molecule has 0 aliphatic carbocycles. The molecule has 0 rings (SSSR count). The van der Waals surface area contributed by atoms with Crippen LogP contribution in [0.15, 0.2) is 12.2 Å². The topological polar surface area (TPSA) is 37.3 Å². The fourth-order valence-corrected chi connectivity index (χ4v) is 1.65. The molecule has 2 nitrogen and oxygen atoms in total. The maximum atomic E-state index is 11.8. The zero-order chi connectivity index (χ0) is 14.0. The van der Waals surface area contributed by atoms with E-state index < -0.39 is 18.6 Å². The minimum absolute atomic E-state index is 0.208. The van der Waals surface area contributed by atoms with Crippen molar-refractivity contribution in [2.24, 2.45) is 0 Å². The van der Waals surface area contributed by atoms with Crippen LogP contribution in [0.1, 0.15) is 57.8 Å². The number of aliphatic carboxylic acids is 1. The summed E-state index contributed by atoms with van der Waals surface area (Å²) in [5, 5.41) is 8.56. The zero-order valence-corrected chi connectivity index (χ0v) is 10.6. The molecule has 0 radical (unpaired) electrons. The lowest BCUT2D eigenvalue weighted by atomic mass is 10.0. The average Bonchev–Trinajstić information content (AvgIpc) is 2.24. The predicted octanol–water partition coefficient (Wildman–Crippen LogP) is 4.70. The SMILES string of the molecule is C=C(CCCCCCCCCC(F)(F)F)C(=O)O. The second-order valence-corrected chi connectivity index (χ2v) is 4.50. The van der Waals surface area contributed by atoms with Gasteiger partial charge in [-0.2, -0.15) is 13.2 Å². The van der Waals surface area contributed by atoms with E-state index in [0.717, 1.165) is 32.1 Å². The fourth-order valence-electron chi connectivity index (χ4n) is 1.65. The Bertz CT molecular complexity index is 259. The number of halogens is 3. The van der Waals surface area contributed by atoms with Gasteiger partial charge in [0, 0.05) is 12.0 Å². The third kappa shape index (κ3) is 11.5. The lowest BCUT2D eigenvalue weighted by Gasteiger charge is -2.05. The molecular weight excluding hydrogens is 245 g/mol. The molecule has 0 saturated carbocycles. The Morgan fingerprint density at radius 1 is 0.944 bits per heavy atom. The van der Waals surface area contributed by atoms with Gasteiger partial charge in [-0.15, -0.1) is 0 Å². The van der Waals surface area contributed by atoms with Crippen molar-refractivity contribution < 1.29 is 23.1 Å². The largest absolute Gasteiger partial charge is 0.478 e. The van der Waals surface area contributed by atoms with E-state index in [1.54, 1.807) is 0 Å². The number of hydrogen-bond acceptors (Lipinski definition) is 1. The Balaban J connectivity index is 3.22. The first kappa shape index (κ1) is 17.0. The normalized spacial score (nSPS) is 11.5. The maximum absolute atomic E-state index is 11.8. The van der Waals surface area contributed by atoms with Gasteiger partial charge in [0.05, 0.1) is 0 Å². The van der Waals surface area contributed by atoms with Crippen LogP contribution in [0.2, 0.25) is 0 Å². The summed E-state index contributed by atoms with van der Waals surface area (Å²) in [6.07, 6.45) is 0.957. The highest BCUT2D eigenvalue weighted by molar-refractivity contribution is 5.85. The molecule has 0 aliphatic heterocycles.